The number of ketones is 1. The van der Waals surface area contributed by atoms with Gasteiger partial charge in [-0.25, -0.2) is 0 Å². The minimum atomic E-state index is -0.643. The molecule has 1 aliphatic heterocycles. The van der Waals surface area contributed by atoms with Crippen molar-refractivity contribution in [3.63, 3.8) is 0 Å². The van der Waals surface area contributed by atoms with Gasteiger partial charge in [-0.05, 0) is 39.5 Å². The smallest absolute Gasteiger partial charge is 0.171 e. The van der Waals surface area contributed by atoms with E-state index in [9.17, 15) is 4.79 Å². The number of rotatable bonds is 6. The fourth-order valence-electron chi connectivity index (χ4n) is 3.33. The van der Waals surface area contributed by atoms with E-state index in [1.807, 2.05) is 27.7 Å². The quantitative estimate of drug-likeness (QED) is 0.748. The molecule has 0 saturated carbocycles. The molecule has 0 aliphatic carbocycles. The molecule has 1 rings (SSSR count). The Morgan fingerprint density at radius 2 is 1.50 bits per heavy atom. The van der Waals surface area contributed by atoms with Crippen LogP contribution < -0.4 is 0 Å². The first-order valence-corrected chi connectivity index (χ1v) is 7.92. The van der Waals surface area contributed by atoms with Gasteiger partial charge in [0.25, 0.3) is 0 Å². The summed E-state index contributed by atoms with van der Waals surface area (Å²) >= 11 is 0. The molecule has 20 heavy (non-hydrogen) atoms. The fraction of sp³-hybridized carbons (Fsp3) is 0.941. The first-order valence-electron chi connectivity index (χ1n) is 7.92. The Balaban J connectivity index is 2.83. The summed E-state index contributed by atoms with van der Waals surface area (Å²) in [6.45, 7) is 19.7. The molecular formula is C17H33NO2. The van der Waals surface area contributed by atoms with E-state index in [0.29, 0.717) is 11.8 Å². The minimum Gasteiger partial charge on any atom is -0.361 e. The van der Waals surface area contributed by atoms with E-state index >= 15 is 0 Å². The molecular weight excluding hydrogens is 250 g/mol. The molecule has 3 nitrogen and oxygen atoms in total. The summed E-state index contributed by atoms with van der Waals surface area (Å²) in [6.07, 6.45) is 0. The van der Waals surface area contributed by atoms with E-state index in [4.69, 9.17) is 4.74 Å². The number of nitrogens with zero attached hydrogens (tertiary/aromatic N) is 1. The fourth-order valence-corrected chi connectivity index (χ4v) is 3.33. The van der Waals surface area contributed by atoms with Crippen molar-refractivity contribution in [1.29, 1.82) is 0 Å². The van der Waals surface area contributed by atoms with Crippen molar-refractivity contribution in [2.24, 2.45) is 17.8 Å². The molecule has 0 amide bonds. The first-order chi connectivity index (χ1) is 8.95. The molecule has 0 N–H and O–H groups in total. The normalized spacial score (nSPS) is 25.1. The van der Waals surface area contributed by atoms with Crippen molar-refractivity contribution in [2.75, 3.05) is 19.6 Å². The summed E-state index contributed by atoms with van der Waals surface area (Å²) in [5, 5.41) is 0. The van der Waals surface area contributed by atoms with E-state index in [2.05, 4.69) is 32.6 Å². The zero-order valence-electron chi connectivity index (χ0n) is 14.6. The molecule has 1 fully saturated rings. The number of Topliss-reactive ketones (excluding diaryl/α,β-unsaturated/α-hetero) is 1. The maximum absolute atomic E-state index is 12.6. The Morgan fingerprint density at radius 1 is 1.05 bits per heavy atom. The van der Waals surface area contributed by atoms with Gasteiger partial charge in [0.2, 0.25) is 0 Å². The van der Waals surface area contributed by atoms with Crippen molar-refractivity contribution in [1.82, 2.24) is 4.90 Å². The van der Waals surface area contributed by atoms with Crippen LogP contribution >= 0.6 is 0 Å². The third kappa shape index (κ3) is 4.29. The Hall–Kier alpha value is -0.410. The van der Waals surface area contributed by atoms with E-state index in [1.165, 1.54) is 0 Å². The van der Waals surface area contributed by atoms with Crippen molar-refractivity contribution < 1.29 is 9.53 Å². The summed E-state index contributed by atoms with van der Waals surface area (Å²) in [7, 11) is 0. The molecule has 1 heterocycles. The molecule has 0 aromatic carbocycles. The zero-order valence-corrected chi connectivity index (χ0v) is 14.6. The van der Waals surface area contributed by atoms with Gasteiger partial charge < -0.3 is 9.64 Å². The maximum Gasteiger partial charge on any atom is 0.171 e. The molecule has 0 spiro atoms. The summed E-state index contributed by atoms with van der Waals surface area (Å²) in [5.74, 6) is 1.44. The highest BCUT2D eigenvalue weighted by Crippen LogP contribution is 2.39. The van der Waals surface area contributed by atoms with Crippen LogP contribution in [0.5, 0.6) is 0 Å². The van der Waals surface area contributed by atoms with Crippen LogP contribution in [0.2, 0.25) is 0 Å². The van der Waals surface area contributed by atoms with E-state index in [-0.39, 0.29) is 17.3 Å². The number of carbonyl (C=O) groups excluding carboxylic acids is 1. The third-order valence-corrected chi connectivity index (χ3v) is 3.95. The average molecular weight is 283 g/mol. The standard InChI is InChI=1S/C17H33NO2/c1-12(2)9-18(10-13(3)4)11-14-15(19)17(7,8)20-16(14,5)6/h12-14H,9-11H2,1-8H3. The van der Waals surface area contributed by atoms with Crippen LogP contribution in [0, 0.1) is 17.8 Å². The van der Waals surface area contributed by atoms with E-state index in [1.54, 1.807) is 0 Å². The van der Waals surface area contributed by atoms with Gasteiger partial charge in [-0.2, -0.15) is 0 Å². The lowest BCUT2D eigenvalue weighted by Crippen LogP contribution is -2.43. The minimum absolute atomic E-state index is 0.0324. The topological polar surface area (TPSA) is 29.5 Å². The molecule has 0 radical (unpaired) electrons. The van der Waals surface area contributed by atoms with Gasteiger partial charge in [0.1, 0.15) is 5.60 Å². The van der Waals surface area contributed by atoms with Crippen LogP contribution in [0.4, 0.5) is 0 Å². The van der Waals surface area contributed by atoms with Crippen molar-refractivity contribution in [3.05, 3.63) is 0 Å². The zero-order chi connectivity index (χ0) is 15.7. The monoisotopic (exact) mass is 283 g/mol. The Kier molecular flexibility index (Phi) is 5.42. The lowest BCUT2D eigenvalue weighted by molar-refractivity contribution is -0.132. The molecule has 1 atom stereocenters. The Morgan fingerprint density at radius 3 is 1.80 bits per heavy atom. The van der Waals surface area contributed by atoms with Gasteiger partial charge >= 0.3 is 0 Å². The van der Waals surface area contributed by atoms with Gasteiger partial charge in [-0.15, -0.1) is 0 Å². The van der Waals surface area contributed by atoms with Crippen LogP contribution in [-0.4, -0.2) is 41.5 Å². The van der Waals surface area contributed by atoms with Crippen molar-refractivity contribution in [3.8, 4) is 0 Å². The lowest BCUT2D eigenvalue weighted by Gasteiger charge is -2.32. The second-order valence-electron chi connectivity index (χ2n) is 8.14. The molecule has 1 saturated heterocycles. The van der Waals surface area contributed by atoms with Crippen LogP contribution in [0.3, 0.4) is 0 Å². The van der Waals surface area contributed by atoms with Gasteiger partial charge in [-0.1, -0.05) is 27.7 Å². The number of ether oxygens (including phenoxy) is 1. The van der Waals surface area contributed by atoms with E-state index in [0.717, 1.165) is 19.6 Å². The molecule has 0 aromatic rings. The summed E-state index contributed by atoms with van der Waals surface area (Å²) in [6, 6.07) is 0. The Bertz CT molecular complexity index is 335. The van der Waals surface area contributed by atoms with Crippen molar-refractivity contribution in [2.45, 2.75) is 66.6 Å². The lowest BCUT2D eigenvalue weighted by atomic mass is 9.85. The summed E-state index contributed by atoms with van der Waals surface area (Å²) in [5.41, 5.74) is -1.01. The third-order valence-electron chi connectivity index (χ3n) is 3.95. The van der Waals surface area contributed by atoms with Gasteiger partial charge in [0.15, 0.2) is 5.78 Å². The molecule has 1 aliphatic rings. The summed E-state index contributed by atoms with van der Waals surface area (Å²) in [4.78, 5) is 15.0. The van der Waals surface area contributed by atoms with Crippen LogP contribution in [0.15, 0.2) is 0 Å². The highest BCUT2D eigenvalue weighted by Gasteiger charge is 2.53. The highest BCUT2D eigenvalue weighted by molar-refractivity contribution is 5.91. The Labute approximate surface area is 125 Å². The number of hydrogen-bond acceptors (Lipinski definition) is 3. The molecule has 0 aromatic heterocycles. The average Bonchev–Trinajstić information content (AvgIpc) is 2.34. The predicted molar refractivity (Wildman–Crippen MR) is 83.9 cm³/mol. The van der Waals surface area contributed by atoms with Crippen molar-refractivity contribution >= 4 is 5.78 Å². The van der Waals surface area contributed by atoms with Crippen LogP contribution in [0.25, 0.3) is 0 Å². The van der Waals surface area contributed by atoms with Crippen LogP contribution in [0.1, 0.15) is 55.4 Å². The molecule has 1 unspecified atom stereocenters. The first kappa shape index (κ1) is 17.6. The highest BCUT2D eigenvalue weighted by atomic mass is 16.5. The number of hydrogen-bond donors (Lipinski definition) is 0. The maximum atomic E-state index is 12.6. The van der Waals surface area contributed by atoms with Gasteiger partial charge in [-0.3, -0.25) is 4.79 Å². The second kappa shape index (κ2) is 6.15. The van der Waals surface area contributed by atoms with Gasteiger partial charge in [0, 0.05) is 19.6 Å². The SMILES string of the molecule is CC(C)CN(CC(C)C)CC1C(=O)C(C)(C)OC1(C)C. The molecule has 118 valence electrons. The van der Waals surface area contributed by atoms with E-state index < -0.39 is 5.60 Å². The second-order valence-corrected chi connectivity index (χ2v) is 8.14. The predicted octanol–water partition coefficient (Wildman–Crippen LogP) is 3.37. The summed E-state index contributed by atoms with van der Waals surface area (Å²) < 4.78 is 6.00. The van der Waals surface area contributed by atoms with Gasteiger partial charge in [0.05, 0.1) is 11.5 Å². The number of carbonyl (C=O) groups is 1. The molecule has 3 heteroatoms. The molecule has 0 bridgehead atoms. The van der Waals surface area contributed by atoms with Crippen LogP contribution in [-0.2, 0) is 9.53 Å². The largest absolute Gasteiger partial charge is 0.361 e.